The summed E-state index contributed by atoms with van der Waals surface area (Å²) in [4.78, 5) is 36.0. The molecule has 0 aromatic heterocycles. The van der Waals surface area contributed by atoms with Crippen molar-refractivity contribution in [2.75, 3.05) is 11.4 Å². The number of amides is 1. The number of nitro benzene ring substituents is 1. The molecule has 1 aliphatic heterocycles. The van der Waals surface area contributed by atoms with Crippen LogP contribution in [0.2, 0.25) is 0 Å². The van der Waals surface area contributed by atoms with Gasteiger partial charge in [-0.1, -0.05) is 18.2 Å². The van der Waals surface area contributed by atoms with Crippen LogP contribution in [-0.2, 0) is 4.79 Å². The van der Waals surface area contributed by atoms with Gasteiger partial charge >= 0.3 is 0 Å². The molecule has 0 aliphatic carbocycles. The van der Waals surface area contributed by atoms with E-state index in [2.05, 4.69) is 0 Å². The molecule has 2 aromatic carbocycles. The van der Waals surface area contributed by atoms with Gasteiger partial charge in [-0.15, -0.1) is 0 Å². The number of hydrogen-bond donors (Lipinski definition) is 0. The number of nitrogens with zero attached hydrogens (tertiary/aromatic N) is 2. The van der Waals surface area contributed by atoms with E-state index < -0.39 is 4.92 Å². The van der Waals surface area contributed by atoms with Crippen molar-refractivity contribution < 1.29 is 14.5 Å². The second kappa shape index (κ2) is 7.09. The normalized spacial score (nSPS) is 14.2. The average molecular weight is 336 g/mol. The Kier molecular flexibility index (Phi) is 4.70. The summed E-state index contributed by atoms with van der Waals surface area (Å²) in [7, 11) is 0. The number of anilines is 1. The number of carbonyl (C=O) groups excluding carboxylic acids is 2. The van der Waals surface area contributed by atoms with Crippen molar-refractivity contribution in [2.45, 2.75) is 12.8 Å². The minimum atomic E-state index is -0.475. The predicted molar refractivity (Wildman–Crippen MR) is 94.5 cm³/mol. The Morgan fingerprint density at radius 3 is 2.56 bits per heavy atom. The lowest BCUT2D eigenvalue weighted by molar-refractivity contribution is -0.384. The standard InChI is InChI=1S/C19H16N2O4/c22-18(11-6-14-3-1-4-17(13-14)21(24)25)15-7-9-16(10-8-15)20-12-2-5-19(20)23/h1,3-4,6-11,13H,2,5,12H2/b11-6+. The lowest BCUT2D eigenvalue weighted by Gasteiger charge is -2.15. The lowest BCUT2D eigenvalue weighted by Crippen LogP contribution is -2.23. The van der Waals surface area contributed by atoms with E-state index >= 15 is 0 Å². The lowest BCUT2D eigenvalue weighted by atomic mass is 10.1. The summed E-state index contributed by atoms with van der Waals surface area (Å²) >= 11 is 0. The minimum Gasteiger partial charge on any atom is -0.312 e. The smallest absolute Gasteiger partial charge is 0.270 e. The molecule has 1 heterocycles. The molecular formula is C19H16N2O4. The van der Waals surface area contributed by atoms with Crippen LogP contribution in [0.4, 0.5) is 11.4 Å². The van der Waals surface area contributed by atoms with Gasteiger partial charge in [-0.25, -0.2) is 0 Å². The van der Waals surface area contributed by atoms with Crippen molar-refractivity contribution in [3.63, 3.8) is 0 Å². The van der Waals surface area contributed by atoms with Gasteiger partial charge in [-0.2, -0.15) is 0 Å². The molecule has 6 nitrogen and oxygen atoms in total. The highest BCUT2D eigenvalue weighted by molar-refractivity contribution is 6.07. The summed E-state index contributed by atoms with van der Waals surface area (Å²) in [5, 5.41) is 10.8. The first-order chi connectivity index (χ1) is 12.0. The summed E-state index contributed by atoms with van der Waals surface area (Å²) in [6, 6.07) is 13.0. The molecule has 1 aliphatic rings. The number of benzene rings is 2. The molecule has 0 atom stereocenters. The maximum atomic E-state index is 12.2. The molecule has 0 saturated carbocycles. The molecule has 1 fully saturated rings. The molecule has 0 N–H and O–H groups in total. The van der Waals surface area contributed by atoms with Crippen LogP contribution in [0.3, 0.4) is 0 Å². The van der Waals surface area contributed by atoms with Gasteiger partial charge in [0.05, 0.1) is 4.92 Å². The summed E-state index contributed by atoms with van der Waals surface area (Å²) in [6.45, 7) is 0.707. The zero-order valence-corrected chi connectivity index (χ0v) is 13.4. The highest BCUT2D eigenvalue weighted by atomic mass is 16.6. The molecular weight excluding hydrogens is 320 g/mol. The van der Waals surface area contributed by atoms with E-state index in [1.807, 2.05) is 0 Å². The Labute approximate surface area is 144 Å². The molecule has 25 heavy (non-hydrogen) atoms. The fourth-order valence-corrected chi connectivity index (χ4v) is 2.74. The van der Waals surface area contributed by atoms with Crippen LogP contribution in [0.5, 0.6) is 0 Å². The molecule has 0 bridgehead atoms. The highest BCUT2D eigenvalue weighted by Gasteiger charge is 2.21. The van der Waals surface area contributed by atoms with Crippen LogP contribution < -0.4 is 4.90 Å². The van der Waals surface area contributed by atoms with E-state index in [-0.39, 0.29) is 17.4 Å². The maximum Gasteiger partial charge on any atom is 0.270 e. The van der Waals surface area contributed by atoms with Crippen molar-refractivity contribution >= 4 is 29.1 Å². The van der Waals surface area contributed by atoms with Crippen LogP contribution >= 0.6 is 0 Å². The number of carbonyl (C=O) groups is 2. The van der Waals surface area contributed by atoms with Gasteiger partial charge in [0.2, 0.25) is 5.91 Å². The van der Waals surface area contributed by atoms with Crippen LogP contribution in [0.15, 0.2) is 54.6 Å². The summed E-state index contributed by atoms with van der Waals surface area (Å²) < 4.78 is 0. The van der Waals surface area contributed by atoms with E-state index in [4.69, 9.17) is 0 Å². The Morgan fingerprint density at radius 1 is 1.16 bits per heavy atom. The van der Waals surface area contributed by atoms with Crippen molar-refractivity contribution in [1.29, 1.82) is 0 Å². The Morgan fingerprint density at radius 2 is 1.92 bits per heavy atom. The Hall–Kier alpha value is -3.28. The van der Waals surface area contributed by atoms with E-state index in [1.54, 1.807) is 47.4 Å². The Balaban J connectivity index is 1.72. The van der Waals surface area contributed by atoms with Gasteiger partial charge in [-0.05, 0) is 42.3 Å². The van der Waals surface area contributed by atoms with Crippen molar-refractivity contribution in [3.05, 3.63) is 75.8 Å². The van der Waals surface area contributed by atoms with Crippen LogP contribution in [-0.4, -0.2) is 23.2 Å². The topological polar surface area (TPSA) is 80.5 Å². The van der Waals surface area contributed by atoms with E-state index in [9.17, 15) is 19.7 Å². The first kappa shape index (κ1) is 16.6. The first-order valence-electron chi connectivity index (χ1n) is 7.92. The Bertz CT molecular complexity index is 856. The fraction of sp³-hybridized carbons (Fsp3) is 0.158. The number of ketones is 1. The third kappa shape index (κ3) is 3.80. The van der Waals surface area contributed by atoms with Crippen molar-refractivity contribution in [2.24, 2.45) is 0 Å². The minimum absolute atomic E-state index is 0.0192. The van der Waals surface area contributed by atoms with Crippen LogP contribution in [0, 0.1) is 10.1 Å². The van der Waals surface area contributed by atoms with Crippen molar-refractivity contribution in [1.82, 2.24) is 0 Å². The SMILES string of the molecule is O=C(/C=C/c1cccc([N+](=O)[O-])c1)c1ccc(N2CCCC2=O)cc1. The second-order valence-corrected chi connectivity index (χ2v) is 5.75. The van der Waals surface area contributed by atoms with Gasteiger partial charge in [-0.3, -0.25) is 19.7 Å². The average Bonchev–Trinajstić information content (AvgIpc) is 3.06. The van der Waals surface area contributed by atoms with Gasteiger partial charge in [0.1, 0.15) is 0 Å². The molecule has 0 spiro atoms. The molecule has 0 radical (unpaired) electrons. The van der Waals surface area contributed by atoms with Gasteiger partial charge < -0.3 is 4.90 Å². The molecule has 3 rings (SSSR count). The molecule has 126 valence electrons. The molecule has 1 amide bonds. The van der Waals surface area contributed by atoms with Crippen LogP contribution in [0.1, 0.15) is 28.8 Å². The number of allylic oxidation sites excluding steroid dienone is 1. The summed E-state index contributed by atoms with van der Waals surface area (Å²) in [5.41, 5.74) is 1.86. The fourth-order valence-electron chi connectivity index (χ4n) is 2.74. The zero-order valence-electron chi connectivity index (χ0n) is 13.4. The highest BCUT2D eigenvalue weighted by Crippen LogP contribution is 2.22. The van der Waals surface area contributed by atoms with Gasteiger partial charge in [0.25, 0.3) is 5.69 Å². The molecule has 1 saturated heterocycles. The quantitative estimate of drug-likeness (QED) is 0.361. The second-order valence-electron chi connectivity index (χ2n) is 5.75. The molecule has 6 heteroatoms. The maximum absolute atomic E-state index is 12.2. The first-order valence-corrected chi connectivity index (χ1v) is 7.92. The van der Waals surface area contributed by atoms with E-state index in [1.165, 1.54) is 18.2 Å². The van der Waals surface area contributed by atoms with Crippen molar-refractivity contribution in [3.8, 4) is 0 Å². The number of hydrogen-bond acceptors (Lipinski definition) is 4. The largest absolute Gasteiger partial charge is 0.312 e. The molecule has 2 aromatic rings. The van der Waals surface area contributed by atoms with Gasteiger partial charge in [0, 0.05) is 36.3 Å². The summed E-state index contributed by atoms with van der Waals surface area (Å²) in [5.74, 6) is -0.101. The number of rotatable bonds is 5. The predicted octanol–water partition coefficient (Wildman–Crippen LogP) is 3.62. The third-order valence-corrected chi connectivity index (χ3v) is 4.05. The third-order valence-electron chi connectivity index (χ3n) is 4.05. The van der Waals surface area contributed by atoms with Crippen LogP contribution in [0.25, 0.3) is 6.08 Å². The summed E-state index contributed by atoms with van der Waals surface area (Å²) in [6.07, 6.45) is 4.35. The zero-order chi connectivity index (χ0) is 17.8. The monoisotopic (exact) mass is 336 g/mol. The van der Waals surface area contributed by atoms with E-state index in [0.29, 0.717) is 24.1 Å². The van der Waals surface area contributed by atoms with Gasteiger partial charge in [0.15, 0.2) is 5.78 Å². The molecule has 0 unspecified atom stereocenters. The number of nitro groups is 1. The van der Waals surface area contributed by atoms with E-state index in [0.717, 1.165) is 12.1 Å². The number of non-ortho nitro benzene ring substituents is 1.